The van der Waals surface area contributed by atoms with E-state index in [1.807, 2.05) is 30.3 Å². The van der Waals surface area contributed by atoms with E-state index in [4.69, 9.17) is 19.9 Å². The van der Waals surface area contributed by atoms with Crippen LogP contribution in [-0.4, -0.2) is 26.3 Å². The van der Waals surface area contributed by atoms with Crippen molar-refractivity contribution in [2.24, 2.45) is 0 Å². The van der Waals surface area contributed by atoms with Gasteiger partial charge >= 0.3 is 5.97 Å². The summed E-state index contributed by atoms with van der Waals surface area (Å²) in [5.41, 5.74) is 6.44. The van der Waals surface area contributed by atoms with E-state index in [-0.39, 0.29) is 13.2 Å². The standard InChI is InChI=1S/C16H17NO4/c1-19-15-13(8-5-9-14(15)17)16(18)21-11-10-20-12-6-3-2-4-7-12/h2-9H,10-11,17H2,1H3. The molecule has 0 saturated carbocycles. The van der Waals surface area contributed by atoms with E-state index in [0.29, 0.717) is 17.0 Å². The van der Waals surface area contributed by atoms with Gasteiger partial charge in [0.05, 0.1) is 12.8 Å². The smallest absolute Gasteiger partial charge is 0.342 e. The molecule has 0 amide bonds. The van der Waals surface area contributed by atoms with Gasteiger partial charge in [0.15, 0.2) is 5.75 Å². The Labute approximate surface area is 123 Å². The fourth-order valence-corrected chi connectivity index (χ4v) is 1.83. The SMILES string of the molecule is COc1c(N)cccc1C(=O)OCCOc1ccccc1. The highest BCUT2D eigenvalue weighted by molar-refractivity contribution is 5.94. The Morgan fingerprint density at radius 3 is 2.52 bits per heavy atom. The maximum atomic E-state index is 12.0. The minimum Gasteiger partial charge on any atom is -0.494 e. The summed E-state index contributed by atoms with van der Waals surface area (Å²) in [5.74, 6) is 0.567. The van der Waals surface area contributed by atoms with Crippen molar-refractivity contribution >= 4 is 11.7 Å². The minimum atomic E-state index is -0.490. The van der Waals surface area contributed by atoms with Gasteiger partial charge in [-0.15, -0.1) is 0 Å². The van der Waals surface area contributed by atoms with Crippen LogP contribution in [0.15, 0.2) is 48.5 Å². The molecule has 0 atom stereocenters. The molecule has 0 aromatic heterocycles. The number of anilines is 1. The lowest BCUT2D eigenvalue weighted by Crippen LogP contribution is -2.13. The number of ether oxygens (including phenoxy) is 3. The number of nitrogen functional groups attached to an aromatic ring is 1. The van der Waals surface area contributed by atoms with Gasteiger partial charge in [0.2, 0.25) is 0 Å². The monoisotopic (exact) mass is 287 g/mol. The molecule has 0 spiro atoms. The topological polar surface area (TPSA) is 70.8 Å². The molecule has 110 valence electrons. The van der Waals surface area contributed by atoms with Gasteiger partial charge in [0.1, 0.15) is 24.5 Å². The zero-order valence-corrected chi connectivity index (χ0v) is 11.7. The number of para-hydroxylation sites is 2. The first-order valence-corrected chi connectivity index (χ1v) is 6.50. The first kappa shape index (κ1) is 14.7. The second-order valence-corrected chi connectivity index (χ2v) is 4.23. The van der Waals surface area contributed by atoms with Crippen LogP contribution in [0.4, 0.5) is 5.69 Å². The fraction of sp³-hybridized carbons (Fsp3) is 0.188. The van der Waals surface area contributed by atoms with Crippen LogP contribution in [0, 0.1) is 0 Å². The highest BCUT2D eigenvalue weighted by atomic mass is 16.6. The van der Waals surface area contributed by atoms with Gasteiger partial charge in [-0.3, -0.25) is 0 Å². The highest BCUT2D eigenvalue weighted by Gasteiger charge is 2.15. The largest absolute Gasteiger partial charge is 0.494 e. The molecule has 2 aromatic carbocycles. The fourth-order valence-electron chi connectivity index (χ4n) is 1.83. The van der Waals surface area contributed by atoms with E-state index in [2.05, 4.69) is 0 Å². The quantitative estimate of drug-likeness (QED) is 0.502. The Morgan fingerprint density at radius 2 is 1.81 bits per heavy atom. The van der Waals surface area contributed by atoms with Crippen molar-refractivity contribution in [3.8, 4) is 11.5 Å². The molecule has 0 saturated heterocycles. The van der Waals surface area contributed by atoms with Crippen molar-refractivity contribution in [2.45, 2.75) is 0 Å². The van der Waals surface area contributed by atoms with Crippen LogP contribution in [-0.2, 0) is 4.74 Å². The molecule has 0 unspecified atom stereocenters. The Morgan fingerprint density at radius 1 is 1.05 bits per heavy atom. The molecule has 0 aliphatic carbocycles. The molecule has 0 aliphatic heterocycles. The Bertz CT molecular complexity index is 598. The molecule has 0 aliphatic rings. The number of carbonyl (C=O) groups is 1. The van der Waals surface area contributed by atoms with Gasteiger partial charge < -0.3 is 19.9 Å². The second kappa shape index (κ2) is 7.19. The summed E-state index contributed by atoms with van der Waals surface area (Å²) >= 11 is 0. The summed E-state index contributed by atoms with van der Waals surface area (Å²) in [5, 5.41) is 0. The lowest BCUT2D eigenvalue weighted by atomic mass is 10.2. The van der Waals surface area contributed by atoms with Gasteiger partial charge in [-0.2, -0.15) is 0 Å². The van der Waals surface area contributed by atoms with Crippen LogP contribution >= 0.6 is 0 Å². The lowest BCUT2D eigenvalue weighted by molar-refractivity contribution is 0.0447. The molecular formula is C16H17NO4. The molecule has 2 rings (SSSR count). The highest BCUT2D eigenvalue weighted by Crippen LogP contribution is 2.26. The molecule has 0 bridgehead atoms. The third-order valence-electron chi connectivity index (χ3n) is 2.80. The van der Waals surface area contributed by atoms with E-state index in [1.165, 1.54) is 7.11 Å². The van der Waals surface area contributed by atoms with E-state index in [1.54, 1.807) is 18.2 Å². The zero-order valence-electron chi connectivity index (χ0n) is 11.7. The van der Waals surface area contributed by atoms with Crippen molar-refractivity contribution in [2.75, 3.05) is 26.1 Å². The Balaban J connectivity index is 1.86. The minimum absolute atomic E-state index is 0.145. The normalized spacial score (nSPS) is 9.95. The van der Waals surface area contributed by atoms with Crippen molar-refractivity contribution in [1.29, 1.82) is 0 Å². The molecule has 0 radical (unpaired) electrons. The predicted octanol–water partition coefficient (Wildman–Crippen LogP) is 2.51. The van der Waals surface area contributed by atoms with E-state index in [0.717, 1.165) is 5.75 Å². The number of hydrogen-bond donors (Lipinski definition) is 1. The summed E-state index contributed by atoms with van der Waals surface area (Å²) in [4.78, 5) is 12.0. The van der Waals surface area contributed by atoms with Gasteiger partial charge in [0, 0.05) is 0 Å². The Kier molecular flexibility index (Phi) is 5.04. The zero-order chi connectivity index (χ0) is 15.1. The third kappa shape index (κ3) is 3.89. The first-order valence-electron chi connectivity index (χ1n) is 6.50. The summed E-state index contributed by atoms with van der Waals surface area (Å²) in [7, 11) is 1.46. The summed E-state index contributed by atoms with van der Waals surface area (Å²) in [6.45, 7) is 0.423. The molecule has 21 heavy (non-hydrogen) atoms. The van der Waals surface area contributed by atoms with Crippen LogP contribution < -0.4 is 15.2 Å². The maximum Gasteiger partial charge on any atom is 0.342 e. The Hall–Kier alpha value is -2.69. The molecule has 0 heterocycles. The number of methoxy groups -OCH3 is 1. The van der Waals surface area contributed by atoms with Crippen LogP contribution in [0.1, 0.15) is 10.4 Å². The average molecular weight is 287 g/mol. The van der Waals surface area contributed by atoms with Crippen LogP contribution in [0.2, 0.25) is 0 Å². The van der Waals surface area contributed by atoms with Crippen LogP contribution in [0.3, 0.4) is 0 Å². The average Bonchev–Trinajstić information content (AvgIpc) is 2.52. The molecule has 2 N–H and O–H groups in total. The van der Waals surface area contributed by atoms with Gasteiger partial charge in [-0.05, 0) is 24.3 Å². The van der Waals surface area contributed by atoms with Crippen LogP contribution in [0.25, 0.3) is 0 Å². The molecule has 0 fully saturated rings. The van der Waals surface area contributed by atoms with Gasteiger partial charge in [-0.1, -0.05) is 24.3 Å². The van der Waals surface area contributed by atoms with E-state index < -0.39 is 5.97 Å². The summed E-state index contributed by atoms with van der Waals surface area (Å²) in [6, 6.07) is 14.3. The molecule has 5 heteroatoms. The van der Waals surface area contributed by atoms with Crippen molar-refractivity contribution in [3.63, 3.8) is 0 Å². The lowest BCUT2D eigenvalue weighted by Gasteiger charge is -2.11. The number of rotatable bonds is 6. The van der Waals surface area contributed by atoms with Crippen molar-refractivity contribution in [1.82, 2.24) is 0 Å². The summed E-state index contributed by atoms with van der Waals surface area (Å²) < 4.78 is 15.7. The van der Waals surface area contributed by atoms with Gasteiger partial charge in [-0.25, -0.2) is 4.79 Å². The first-order chi connectivity index (χ1) is 10.2. The predicted molar refractivity (Wildman–Crippen MR) is 79.6 cm³/mol. The number of hydrogen-bond acceptors (Lipinski definition) is 5. The van der Waals surface area contributed by atoms with Gasteiger partial charge in [0.25, 0.3) is 0 Å². The molecule has 5 nitrogen and oxygen atoms in total. The van der Waals surface area contributed by atoms with E-state index in [9.17, 15) is 4.79 Å². The number of benzene rings is 2. The second-order valence-electron chi connectivity index (χ2n) is 4.23. The number of carbonyl (C=O) groups excluding carboxylic acids is 1. The van der Waals surface area contributed by atoms with E-state index >= 15 is 0 Å². The third-order valence-corrected chi connectivity index (χ3v) is 2.80. The van der Waals surface area contributed by atoms with Crippen molar-refractivity contribution in [3.05, 3.63) is 54.1 Å². The van der Waals surface area contributed by atoms with Crippen molar-refractivity contribution < 1.29 is 19.0 Å². The number of nitrogens with two attached hydrogens (primary N) is 1. The molecule has 2 aromatic rings. The molecular weight excluding hydrogens is 270 g/mol. The van der Waals surface area contributed by atoms with Crippen LogP contribution in [0.5, 0.6) is 11.5 Å². The maximum absolute atomic E-state index is 12.0. The number of esters is 1. The summed E-state index contributed by atoms with van der Waals surface area (Å²) in [6.07, 6.45) is 0.